The van der Waals surface area contributed by atoms with Gasteiger partial charge in [0.15, 0.2) is 6.10 Å². The largest absolute Gasteiger partial charge is 0.480 e. The van der Waals surface area contributed by atoms with Gasteiger partial charge in [0.25, 0.3) is 5.91 Å². The number of halogens is 1. The molecule has 4 nitrogen and oxygen atoms in total. The zero-order chi connectivity index (χ0) is 12.1. The molecule has 0 saturated heterocycles. The number of hydrazine groups is 1. The fraction of sp³-hybridized carbons (Fsp3) is 0.364. The molecule has 0 radical (unpaired) electrons. The maximum absolute atomic E-state index is 11.5. The Morgan fingerprint density at radius 3 is 2.38 bits per heavy atom. The lowest BCUT2D eigenvalue weighted by Crippen LogP contribution is -2.44. The predicted octanol–water partition coefficient (Wildman–Crippen LogP) is 1.84. The summed E-state index contributed by atoms with van der Waals surface area (Å²) in [4.78, 5) is 11.5. The van der Waals surface area contributed by atoms with Crippen LogP contribution in [0.25, 0.3) is 0 Å². The van der Waals surface area contributed by atoms with Gasteiger partial charge in [-0.15, -0.1) is 0 Å². The van der Waals surface area contributed by atoms with E-state index in [1.54, 1.807) is 12.1 Å². The van der Waals surface area contributed by atoms with Gasteiger partial charge in [-0.1, -0.05) is 29.8 Å². The van der Waals surface area contributed by atoms with E-state index in [-0.39, 0.29) is 11.8 Å². The molecule has 0 bridgehead atoms. The van der Waals surface area contributed by atoms with Gasteiger partial charge >= 0.3 is 0 Å². The summed E-state index contributed by atoms with van der Waals surface area (Å²) in [6, 6.07) is 7.30. The third kappa shape index (κ3) is 3.50. The minimum absolute atomic E-state index is 0.0483. The molecule has 88 valence electrons. The third-order valence-corrected chi connectivity index (χ3v) is 2.61. The second kappa shape index (κ2) is 5.86. The Bertz CT molecular complexity index is 352. The number of nitrogens with two attached hydrogens (primary N) is 1. The Morgan fingerprint density at radius 2 is 1.94 bits per heavy atom. The molecular formula is C11H15BrN2O2. The molecule has 1 atom stereocenters. The lowest BCUT2D eigenvalue weighted by molar-refractivity contribution is -0.129. The van der Waals surface area contributed by atoms with Crippen LogP contribution in [0.2, 0.25) is 0 Å². The van der Waals surface area contributed by atoms with Gasteiger partial charge in [-0.05, 0) is 30.2 Å². The molecule has 1 rings (SSSR count). The number of carbonyl (C=O) groups is 1. The summed E-state index contributed by atoms with van der Waals surface area (Å²) in [5.74, 6) is 5.47. The number of hydrogen-bond donors (Lipinski definition) is 2. The van der Waals surface area contributed by atoms with Gasteiger partial charge in [-0.3, -0.25) is 10.2 Å². The zero-order valence-electron chi connectivity index (χ0n) is 9.24. The molecule has 0 heterocycles. The van der Waals surface area contributed by atoms with E-state index >= 15 is 0 Å². The van der Waals surface area contributed by atoms with Gasteiger partial charge < -0.3 is 4.74 Å². The molecule has 0 aliphatic heterocycles. The SMILES string of the molecule is CC(C)C(Oc1ccc(Br)cc1)C(=O)NN. The number of carbonyl (C=O) groups excluding carboxylic acids is 1. The van der Waals surface area contributed by atoms with Crippen molar-refractivity contribution in [3.05, 3.63) is 28.7 Å². The minimum atomic E-state index is -0.578. The molecule has 0 aliphatic rings. The van der Waals surface area contributed by atoms with E-state index in [0.717, 1.165) is 4.47 Å². The Labute approximate surface area is 103 Å². The Hall–Kier alpha value is -1.07. The van der Waals surface area contributed by atoms with Gasteiger partial charge in [0, 0.05) is 4.47 Å². The van der Waals surface area contributed by atoms with Crippen LogP contribution in [-0.2, 0) is 4.79 Å². The molecule has 5 heteroatoms. The van der Waals surface area contributed by atoms with E-state index in [1.807, 2.05) is 26.0 Å². The van der Waals surface area contributed by atoms with E-state index in [0.29, 0.717) is 5.75 Å². The fourth-order valence-electron chi connectivity index (χ4n) is 1.23. The minimum Gasteiger partial charge on any atom is -0.480 e. The molecule has 1 aromatic rings. The zero-order valence-corrected chi connectivity index (χ0v) is 10.8. The predicted molar refractivity (Wildman–Crippen MR) is 65.7 cm³/mol. The number of rotatable bonds is 4. The van der Waals surface area contributed by atoms with Crippen molar-refractivity contribution in [3.8, 4) is 5.75 Å². The quantitative estimate of drug-likeness (QED) is 0.504. The third-order valence-electron chi connectivity index (χ3n) is 2.08. The first kappa shape index (κ1) is 13.0. The number of amides is 1. The molecule has 1 amide bonds. The summed E-state index contributed by atoms with van der Waals surface area (Å²) in [6.07, 6.45) is -0.578. The second-order valence-electron chi connectivity index (χ2n) is 3.74. The van der Waals surface area contributed by atoms with Gasteiger partial charge in [0.1, 0.15) is 5.75 Å². The van der Waals surface area contributed by atoms with Crippen LogP contribution in [0.5, 0.6) is 5.75 Å². The van der Waals surface area contributed by atoms with Crippen molar-refractivity contribution in [1.29, 1.82) is 0 Å². The molecule has 0 saturated carbocycles. The molecule has 0 fully saturated rings. The highest BCUT2D eigenvalue weighted by molar-refractivity contribution is 9.10. The van der Waals surface area contributed by atoms with Crippen LogP contribution in [-0.4, -0.2) is 12.0 Å². The average Bonchev–Trinajstić information content (AvgIpc) is 2.27. The van der Waals surface area contributed by atoms with Crippen molar-refractivity contribution in [3.63, 3.8) is 0 Å². The number of ether oxygens (including phenoxy) is 1. The van der Waals surface area contributed by atoms with Crippen LogP contribution in [0.15, 0.2) is 28.7 Å². The smallest absolute Gasteiger partial charge is 0.275 e. The van der Waals surface area contributed by atoms with Crippen molar-refractivity contribution in [2.24, 2.45) is 11.8 Å². The van der Waals surface area contributed by atoms with E-state index < -0.39 is 6.10 Å². The Morgan fingerprint density at radius 1 is 1.38 bits per heavy atom. The van der Waals surface area contributed by atoms with Gasteiger partial charge in [0.2, 0.25) is 0 Å². The van der Waals surface area contributed by atoms with Crippen molar-refractivity contribution in [1.82, 2.24) is 5.43 Å². The summed E-state index contributed by atoms with van der Waals surface area (Å²) in [7, 11) is 0. The van der Waals surface area contributed by atoms with Crippen molar-refractivity contribution in [2.75, 3.05) is 0 Å². The Kier molecular flexibility index (Phi) is 4.76. The monoisotopic (exact) mass is 286 g/mol. The molecule has 1 aromatic carbocycles. The average molecular weight is 287 g/mol. The van der Waals surface area contributed by atoms with Crippen molar-refractivity contribution >= 4 is 21.8 Å². The summed E-state index contributed by atoms with van der Waals surface area (Å²) in [5, 5.41) is 0. The normalized spacial score (nSPS) is 12.3. The van der Waals surface area contributed by atoms with Crippen LogP contribution >= 0.6 is 15.9 Å². The first-order valence-corrected chi connectivity index (χ1v) is 5.76. The summed E-state index contributed by atoms with van der Waals surface area (Å²) in [5.41, 5.74) is 2.10. The van der Waals surface area contributed by atoms with Crippen LogP contribution in [0.3, 0.4) is 0 Å². The molecule has 0 aliphatic carbocycles. The van der Waals surface area contributed by atoms with E-state index in [2.05, 4.69) is 21.4 Å². The highest BCUT2D eigenvalue weighted by atomic mass is 79.9. The molecule has 3 N–H and O–H groups in total. The molecule has 0 spiro atoms. The van der Waals surface area contributed by atoms with E-state index in [9.17, 15) is 4.79 Å². The van der Waals surface area contributed by atoms with Crippen molar-refractivity contribution in [2.45, 2.75) is 20.0 Å². The highest BCUT2D eigenvalue weighted by Crippen LogP contribution is 2.19. The van der Waals surface area contributed by atoms with Crippen LogP contribution < -0.4 is 16.0 Å². The van der Waals surface area contributed by atoms with Crippen LogP contribution in [0, 0.1) is 5.92 Å². The molecule has 0 aromatic heterocycles. The molecule has 16 heavy (non-hydrogen) atoms. The number of benzene rings is 1. The summed E-state index contributed by atoms with van der Waals surface area (Å²) in [6.45, 7) is 3.80. The topological polar surface area (TPSA) is 64.3 Å². The van der Waals surface area contributed by atoms with Gasteiger partial charge in [-0.2, -0.15) is 0 Å². The van der Waals surface area contributed by atoms with Gasteiger partial charge in [-0.25, -0.2) is 5.84 Å². The standard InChI is InChI=1S/C11H15BrN2O2/c1-7(2)10(11(15)14-13)16-9-5-3-8(12)4-6-9/h3-7,10H,13H2,1-2H3,(H,14,15). The van der Waals surface area contributed by atoms with Gasteiger partial charge in [0.05, 0.1) is 0 Å². The highest BCUT2D eigenvalue weighted by Gasteiger charge is 2.23. The van der Waals surface area contributed by atoms with Crippen molar-refractivity contribution < 1.29 is 9.53 Å². The lowest BCUT2D eigenvalue weighted by atomic mass is 10.1. The van der Waals surface area contributed by atoms with E-state index in [4.69, 9.17) is 10.6 Å². The van der Waals surface area contributed by atoms with E-state index in [1.165, 1.54) is 0 Å². The van der Waals surface area contributed by atoms with Crippen LogP contribution in [0.1, 0.15) is 13.8 Å². The molecular weight excluding hydrogens is 272 g/mol. The summed E-state index contributed by atoms with van der Waals surface area (Å²) >= 11 is 3.33. The number of hydrogen-bond acceptors (Lipinski definition) is 3. The van der Waals surface area contributed by atoms with Crippen LogP contribution in [0.4, 0.5) is 0 Å². The first-order chi connectivity index (χ1) is 7.54. The lowest BCUT2D eigenvalue weighted by Gasteiger charge is -2.20. The molecule has 1 unspecified atom stereocenters. The number of nitrogens with one attached hydrogen (secondary N) is 1. The maximum Gasteiger partial charge on any atom is 0.275 e. The Balaban J connectivity index is 2.75. The first-order valence-electron chi connectivity index (χ1n) is 4.97. The maximum atomic E-state index is 11.5. The summed E-state index contributed by atoms with van der Waals surface area (Å²) < 4.78 is 6.53. The second-order valence-corrected chi connectivity index (χ2v) is 4.66. The fourth-order valence-corrected chi connectivity index (χ4v) is 1.50.